The Labute approximate surface area is 111 Å². The van der Waals surface area contributed by atoms with E-state index in [2.05, 4.69) is 60.8 Å². The van der Waals surface area contributed by atoms with Crippen LogP contribution in [0.3, 0.4) is 0 Å². The fourth-order valence-electron chi connectivity index (χ4n) is 3.04. The number of hydrogen-bond donors (Lipinski definition) is 1. The molecule has 0 aliphatic heterocycles. The van der Waals surface area contributed by atoms with Gasteiger partial charge in [-0.1, -0.05) is 13.8 Å². The standard InChI is InChI=1S/C14H28N4/c1-7-14(8-2,17(5)6)12(15-4)13-16-10-11-18(13)9-3/h10-12,15H,7-9H2,1-6H3. The van der Waals surface area contributed by atoms with Crippen molar-refractivity contribution >= 4 is 0 Å². The third-order valence-electron chi connectivity index (χ3n) is 4.29. The number of imidazole rings is 1. The van der Waals surface area contributed by atoms with Gasteiger partial charge in [0.15, 0.2) is 0 Å². The average Bonchev–Trinajstić information content (AvgIpc) is 2.83. The molecule has 1 unspecified atom stereocenters. The van der Waals surface area contributed by atoms with Gasteiger partial charge in [0.25, 0.3) is 0 Å². The van der Waals surface area contributed by atoms with E-state index in [0.29, 0.717) is 0 Å². The third kappa shape index (κ3) is 2.45. The molecule has 1 heterocycles. The smallest absolute Gasteiger partial charge is 0.127 e. The van der Waals surface area contributed by atoms with Crippen molar-refractivity contribution < 1.29 is 0 Å². The van der Waals surface area contributed by atoms with Crippen molar-refractivity contribution in [2.75, 3.05) is 21.1 Å². The molecule has 1 aromatic rings. The van der Waals surface area contributed by atoms with Crippen LogP contribution in [0, 0.1) is 0 Å². The lowest BCUT2D eigenvalue weighted by atomic mass is 9.82. The van der Waals surface area contributed by atoms with Crippen LogP contribution in [-0.2, 0) is 6.54 Å². The van der Waals surface area contributed by atoms with Gasteiger partial charge in [0.2, 0.25) is 0 Å². The molecule has 0 saturated heterocycles. The predicted octanol–water partition coefficient (Wildman–Crippen LogP) is 2.28. The van der Waals surface area contributed by atoms with Crippen molar-refractivity contribution in [3.05, 3.63) is 18.2 Å². The summed E-state index contributed by atoms with van der Waals surface area (Å²) in [6, 6.07) is 0.248. The average molecular weight is 252 g/mol. The van der Waals surface area contributed by atoms with Crippen molar-refractivity contribution in [3.8, 4) is 0 Å². The molecule has 0 saturated carbocycles. The van der Waals surface area contributed by atoms with E-state index < -0.39 is 0 Å². The summed E-state index contributed by atoms with van der Waals surface area (Å²) in [5.74, 6) is 1.14. The first-order chi connectivity index (χ1) is 8.57. The highest BCUT2D eigenvalue weighted by atomic mass is 15.2. The molecule has 0 bridgehead atoms. The molecule has 0 aromatic carbocycles. The zero-order valence-electron chi connectivity index (χ0n) is 12.7. The minimum Gasteiger partial charge on any atom is -0.334 e. The van der Waals surface area contributed by atoms with Gasteiger partial charge in [-0.3, -0.25) is 0 Å². The monoisotopic (exact) mass is 252 g/mol. The Morgan fingerprint density at radius 1 is 1.33 bits per heavy atom. The molecule has 0 aliphatic rings. The van der Waals surface area contributed by atoms with Crippen molar-refractivity contribution in [2.45, 2.75) is 51.7 Å². The van der Waals surface area contributed by atoms with E-state index >= 15 is 0 Å². The van der Waals surface area contributed by atoms with E-state index in [4.69, 9.17) is 0 Å². The van der Waals surface area contributed by atoms with Gasteiger partial charge in [-0.05, 0) is 40.9 Å². The van der Waals surface area contributed by atoms with Crippen LogP contribution in [0.5, 0.6) is 0 Å². The molecule has 1 rings (SSSR count). The molecule has 4 nitrogen and oxygen atoms in total. The number of nitrogens with zero attached hydrogens (tertiary/aromatic N) is 3. The Hall–Kier alpha value is -0.870. The van der Waals surface area contributed by atoms with Crippen molar-refractivity contribution in [2.24, 2.45) is 0 Å². The summed E-state index contributed by atoms with van der Waals surface area (Å²) in [6.45, 7) is 7.64. The first kappa shape index (κ1) is 15.2. The molecule has 18 heavy (non-hydrogen) atoms. The van der Waals surface area contributed by atoms with Crippen LogP contribution in [0.4, 0.5) is 0 Å². The highest BCUT2D eigenvalue weighted by Gasteiger charge is 2.39. The fourth-order valence-corrected chi connectivity index (χ4v) is 3.04. The summed E-state index contributed by atoms with van der Waals surface area (Å²) >= 11 is 0. The lowest BCUT2D eigenvalue weighted by Crippen LogP contribution is -2.53. The molecule has 0 fully saturated rings. The number of likely N-dealkylation sites (N-methyl/N-ethyl adjacent to an activating group) is 2. The SMILES string of the molecule is CCn1ccnc1C(NC)C(CC)(CC)N(C)C. The second-order valence-electron chi connectivity index (χ2n) is 5.00. The minimum absolute atomic E-state index is 0.104. The van der Waals surface area contributed by atoms with Crippen LogP contribution in [0.1, 0.15) is 45.5 Å². The van der Waals surface area contributed by atoms with Crippen LogP contribution in [0.15, 0.2) is 12.4 Å². The van der Waals surface area contributed by atoms with E-state index in [1.165, 1.54) is 0 Å². The Morgan fingerprint density at radius 2 is 1.94 bits per heavy atom. The van der Waals surface area contributed by atoms with Gasteiger partial charge in [0.05, 0.1) is 6.04 Å². The van der Waals surface area contributed by atoms with Crippen LogP contribution in [0.2, 0.25) is 0 Å². The lowest BCUT2D eigenvalue weighted by molar-refractivity contribution is 0.0863. The second kappa shape index (κ2) is 6.34. The molecule has 0 amide bonds. The normalized spacial score (nSPS) is 14.2. The summed E-state index contributed by atoms with van der Waals surface area (Å²) in [4.78, 5) is 6.91. The highest BCUT2D eigenvalue weighted by Crippen LogP contribution is 2.35. The number of aryl methyl sites for hydroxylation is 1. The van der Waals surface area contributed by atoms with Gasteiger partial charge in [0, 0.05) is 24.5 Å². The van der Waals surface area contributed by atoms with Crippen LogP contribution in [0.25, 0.3) is 0 Å². The largest absolute Gasteiger partial charge is 0.334 e. The number of rotatable bonds is 7. The Kier molecular flexibility index (Phi) is 5.35. The number of aromatic nitrogens is 2. The van der Waals surface area contributed by atoms with Gasteiger partial charge in [-0.25, -0.2) is 4.98 Å². The maximum absolute atomic E-state index is 4.58. The van der Waals surface area contributed by atoms with E-state index in [0.717, 1.165) is 25.2 Å². The minimum atomic E-state index is 0.104. The summed E-state index contributed by atoms with van der Waals surface area (Å²) in [5.41, 5.74) is 0.104. The molecular formula is C14H28N4. The third-order valence-corrected chi connectivity index (χ3v) is 4.29. The van der Waals surface area contributed by atoms with E-state index in [1.807, 2.05) is 13.2 Å². The van der Waals surface area contributed by atoms with Crippen molar-refractivity contribution in [1.29, 1.82) is 0 Å². The maximum atomic E-state index is 4.58. The quantitative estimate of drug-likeness (QED) is 0.808. The van der Waals surface area contributed by atoms with Gasteiger partial charge in [0.1, 0.15) is 5.82 Å². The summed E-state index contributed by atoms with van der Waals surface area (Å²) in [5, 5.41) is 3.48. The summed E-state index contributed by atoms with van der Waals surface area (Å²) < 4.78 is 2.23. The van der Waals surface area contributed by atoms with Crippen LogP contribution >= 0.6 is 0 Å². The maximum Gasteiger partial charge on any atom is 0.127 e. The highest BCUT2D eigenvalue weighted by molar-refractivity contribution is 5.10. The number of nitrogens with one attached hydrogen (secondary N) is 1. The second-order valence-corrected chi connectivity index (χ2v) is 5.00. The molecule has 1 aromatic heterocycles. The molecule has 1 N–H and O–H groups in total. The molecule has 1 atom stereocenters. The first-order valence-corrected chi connectivity index (χ1v) is 6.93. The Balaban J connectivity index is 3.22. The number of hydrogen-bond acceptors (Lipinski definition) is 3. The Bertz CT molecular complexity index is 352. The van der Waals surface area contributed by atoms with Crippen LogP contribution < -0.4 is 5.32 Å². The summed E-state index contributed by atoms with van der Waals surface area (Å²) in [6.07, 6.45) is 6.15. The molecule has 104 valence electrons. The predicted molar refractivity (Wildman–Crippen MR) is 76.7 cm³/mol. The molecule has 4 heteroatoms. The van der Waals surface area contributed by atoms with Gasteiger partial charge in [-0.2, -0.15) is 0 Å². The van der Waals surface area contributed by atoms with Crippen LogP contribution in [-0.4, -0.2) is 41.1 Å². The zero-order valence-corrected chi connectivity index (χ0v) is 12.7. The molecular weight excluding hydrogens is 224 g/mol. The van der Waals surface area contributed by atoms with E-state index in [-0.39, 0.29) is 11.6 Å². The van der Waals surface area contributed by atoms with E-state index in [9.17, 15) is 0 Å². The van der Waals surface area contributed by atoms with Gasteiger partial charge >= 0.3 is 0 Å². The molecule has 0 radical (unpaired) electrons. The fraction of sp³-hybridized carbons (Fsp3) is 0.786. The van der Waals surface area contributed by atoms with Crippen molar-refractivity contribution in [3.63, 3.8) is 0 Å². The van der Waals surface area contributed by atoms with Gasteiger partial charge in [-0.15, -0.1) is 0 Å². The summed E-state index contributed by atoms with van der Waals surface area (Å²) in [7, 11) is 6.36. The lowest BCUT2D eigenvalue weighted by Gasteiger charge is -2.44. The Morgan fingerprint density at radius 3 is 2.33 bits per heavy atom. The topological polar surface area (TPSA) is 33.1 Å². The van der Waals surface area contributed by atoms with Crippen molar-refractivity contribution in [1.82, 2.24) is 19.8 Å². The van der Waals surface area contributed by atoms with E-state index in [1.54, 1.807) is 0 Å². The zero-order chi connectivity index (χ0) is 13.8. The van der Waals surface area contributed by atoms with Gasteiger partial charge < -0.3 is 14.8 Å². The molecule has 0 spiro atoms. The molecule has 0 aliphatic carbocycles. The first-order valence-electron chi connectivity index (χ1n) is 6.93.